The van der Waals surface area contributed by atoms with Crippen LogP contribution in [-0.2, 0) is 23.8 Å². The minimum Gasteiger partial charge on any atom is -0.462 e. The van der Waals surface area contributed by atoms with Gasteiger partial charge < -0.3 is 19.5 Å². The molecular weight excluding hydrogens is 446 g/mol. The van der Waals surface area contributed by atoms with Crippen molar-refractivity contribution >= 4 is 40.2 Å². The maximum atomic E-state index is 13.0. The molecule has 8 nitrogen and oxygen atoms in total. The molecule has 9 heteroatoms. The number of nitrogens with one attached hydrogen (secondary N) is 1. The lowest BCUT2D eigenvalue weighted by molar-refractivity contribution is -0.172. The largest absolute Gasteiger partial charge is 0.462 e. The first-order chi connectivity index (χ1) is 15.8. The van der Waals surface area contributed by atoms with Crippen molar-refractivity contribution in [3.8, 4) is 0 Å². The van der Waals surface area contributed by atoms with E-state index in [4.69, 9.17) is 14.2 Å². The van der Waals surface area contributed by atoms with Gasteiger partial charge in [0.1, 0.15) is 9.88 Å². The second-order valence-electron chi connectivity index (χ2n) is 9.52. The first-order valence-corrected chi connectivity index (χ1v) is 12.5. The zero-order chi connectivity index (χ0) is 23.8. The van der Waals surface area contributed by atoms with Crippen LogP contribution >= 0.6 is 11.3 Å². The van der Waals surface area contributed by atoms with Crippen molar-refractivity contribution in [3.63, 3.8) is 0 Å². The monoisotopic (exact) mass is 477 g/mol. The molecule has 1 N–H and O–H groups in total. The summed E-state index contributed by atoms with van der Waals surface area (Å²) in [5.74, 6) is -0.255. The highest BCUT2D eigenvalue weighted by Crippen LogP contribution is 2.60. The molecule has 4 aliphatic rings. The SMILES string of the molecule is CCOC(=O)c1sc(NC(=O)COC(=O)C23CC4CC(CC(C4)C2)C3)c(C(=O)OCC)c1C. The number of thiophene rings is 1. The zero-order valence-electron chi connectivity index (χ0n) is 19.4. The fourth-order valence-corrected chi connectivity index (χ4v) is 7.35. The van der Waals surface area contributed by atoms with Crippen LogP contribution in [0.5, 0.6) is 0 Å². The van der Waals surface area contributed by atoms with E-state index in [0.717, 1.165) is 30.6 Å². The van der Waals surface area contributed by atoms with Gasteiger partial charge in [0.2, 0.25) is 0 Å². The molecule has 0 spiro atoms. The highest BCUT2D eigenvalue weighted by atomic mass is 32.1. The fourth-order valence-electron chi connectivity index (χ4n) is 6.25. The van der Waals surface area contributed by atoms with Crippen LogP contribution in [0.4, 0.5) is 5.00 Å². The Morgan fingerprint density at radius 3 is 2.00 bits per heavy atom. The Kier molecular flexibility index (Phi) is 6.79. The molecule has 180 valence electrons. The second kappa shape index (κ2) is 9.44. The van der Waals surface area contributed by atoms with Gasteiger partial charge >= 0.3 is 17.9 Å². The summed E-state index contributed by atoms with van der Waals surface area (Å²) in [6, 6.07) is 0. The third-order valence-electron chi connectivity index (χ3n) is 7.15. The van der Waals surface area contributed by atoms with Crippen LogP contribution in [0.2, 0.25) is 0 Å². The molecule has 0 unspecified atom stereocenters. The van der Waals surface area contributed by atoms with Gasteiger partial charge in [-0.1, -0.05) is 0 Å². The standard InChI is InChI=1S/C24H31NO7S/c1-4-30-21(27)18-13(3)19(22(28)31-5-2)33-20(18)25-17(26)12-32-23(29)24-9-14-6-15(10-24)8-16(7-14)11-24/h14-16H,4-12H2,1-3H3,(H,25,26). The minimum absolute atomic E-state index is 0.116. The molecule has 4 saturated carbocycles. The molecule has 1 aromatic heterocycles. The molecule has 0 atom stereocenters. The molecule has 1 heterocycles. The summed E-state index contributed by atoms with van der Waals surface area (Å²) in [7, 11) is 0. The molecule has 33 heavy (non-hydrogen) atoms. The van der Waals surface area contributed by atoms with E-state index in [-0.39, 0.29) is 34.6 Å². The van der Waals surface area contributed by atoms with Crippen LogP contribution in [0, 0.1) is 30.1 Å². The molecule has 4 aliphatic carbocycles. The van der Waals surface area contributed by atoms with Crippen LogP contribution in [0.25, 0.3) is 0 Å². The van der Waals surface area contributed by atoms with Crippen LogP contribution in [0.15, 0.2) is 0 Å². The van der Waals surface area contributed by atoms with E-state index in [1.807, 2.05) is 0 Å². The van der Waals surface area contributed by atoms with Gasteiger partial charge in [-0.05, 0) is 82.6 Å². The summed E-state index contributed by atoms with van der Waals surface area (Å²) in [5.41, 5.74) is 0.0604. The first kappa shape index (κ1) is 23.7. The Bertz CT molecular complexity index is 931. The second-order valence-corrected chi connectivity index (χ2v) is 10.5. The van der Waals surface area contributed by atoms with Gasteiger partial charge in [-0.3, -0.25) is 9.59 Å². The maximum Gasteiger partial charge on any atom is 0.348 e. The maximum absolute atomic E-state index is 13.0. The highest BCUT2D eigenvalue weighted by Gasteiger charge is 2.55. The highest BCUT2D eigenvalue weighted by molar-refractivity contribution is 7.18. The lowest BCUT2D eigenvalue weighted by Gasteiger charge is -2.55. The summed E-state index contributed by atoms with van der Waals surface area (Å²) in [5, 5.41) is 2.82. The van der Waals surface area contributed by atoms with Crippen LogP contribution in [0.1, 0.15) is 78.0 Å². The molecule has 0 aromatic carbocycles. The summed E-state index contributed by atoms with van der Waals surface area (Å²) in [6.07, 6.45) is 6.22. The summed E-state index contributed by atoms with van der Waals surface area (Å²) in [6.45, 7) is 4.88. The summed E-state index contributed by atoms with van der Waals surface area (Å²) < 4.78 is 15.6. The molecular formula is C24H31NO7S. The Labute approximate surface area is 197 Å². The van der Waals surface area contributed by atoms with Crippen molar-refractivity contribution in [3.05, 3.63) is 16.0 Å². The molecule has 0 radical (unpaired) electrons. The van der Waals surface area contributed by atoms with Crippen molar-refractivity contribution in [2.24, 2.45) is 23.2 Å². The van der Waals surface area contributed by atoms with Crippen LogP contribution in [0.3, 0.4) is 0 Å². The normalized spacial score (nSPS) is 27.2. The van der Waals surface area contributed by atoms with E-state index in [2.05, 4.69) is 5.32 Å². The quantitative estimate of drug-likeness (QED) is 0.443. The number of carbonyl (C=O) groups is 4. The Hall–Kier alpha value is -2.42. The van der Waals surface area contributed by atoms with Gasteiger partial charge in [0.15, 0.2) is 6.61 Å². The van der Waals surface area contributed by atoms with Crippen molar-refractivity contribution < 1.29 is 33.4 Å². The summed E-state index contributed by atoms with van der Waals surface area (Å²) >= 11 is 0.950. The first-order valence-electron chi connectivity index (χ1n) is 11.7. The van der Waals surface area contributed by atoms with Crippen LogP contribution in [-0.4, -0.2) is 43.6 Å². The zero-order valence-corrected chi connectivity index (χ0v) is 20.2. The smallest absolute Gasteiger partial charge is 0.348 e. The third kappa shape index (κ3) is 4.65. The average Bonchev–Trinajstić information content (AvgIpc) is 3.07. The fraction of sp³-hybridized carbons (Fsp3) is 0.667. The number of anilines is 1. The Morgan fingerprint density at radius 2 is 1.45 bits per heavy atom. The van der Waals surface area contributed by atoms with E-state index in [1.165, 1.54) is 19.3 Å². The number of carbonyl (C=O) groups excluding carboxylic acids is 4. The number of amides is 1. The van der Waals surface area contributed by atoms with E-state index < -0.39 is 29.9 Å². The van der Waals surface area contributed by atoms with Gasteiger partial charge in [-0.25, -0.2) is 9.59 Å². The number of rotatable bonds is 8. The van der Waals surface area contributed by atoms with Gasteiger partial charge in [-0.2, -0.15) is 0 Å². The van der Waals surface area contributed by atoms with Crippen LogP contribution < -0.4 is 5.32 Å². The predicted octanol–water partition coefficient (Wildman–Crippen LogP) is 4.11. The molecule has 5 rings (SSSR count). The van der Waals surface area contributed by atoms with E-state index >= 15 is 0 Å². The lowest BCUT2D eigenvalue weighted by Crippen LogP contribution is -2.50. The number of hydrogen-bond donors (Lipinski definition) is 1. The minimum atomic E-state index is -0.636. The van der Waals surface area contributed by atoms with E-state index in [1.54, 1.807) is 20.8 Å². The van der Waals surface area contributed by atoms with Gasteiger partial charge in [0, 0.05) is 0 Å². The van der Waals surface area contributed by atoms with E-state index in [9.17, 15) is 19.2 Å². The molecule has 4 fully saturated rings. The Morgan fingerprint density at radius 1 is 0.909 bits per heavy atom. The molecule has 1 amide bonds. The van der Waals surface area contributed by atoms with Crippen molar-refractivity contribution in [1.29, 1.82) is 0 Å². The topological polar surface area (TPSA) is 108 Å². The molecule has 0 aliphatic heterocycles. The Balaban J connectivity index is 1.43. The van der Waals surface area contributed by atoms with Gasteiger partial charge in [0.25, 0.3) is 5.91 Å². The number of ether oxygens (including phenoxy) is 3. The van der Waals surface area contributed by atoms with Crippen molar-refractivity contribution in [2.75, 3.05) is 25.1 Å². The van der Waals surface area contributed by atoms with Gasteiger partial charge in [0.05, 0.1) is 24.2 Å². The average molecular weight is 478 g/mol. The van der Waals surface area contributed by atoms with Crippen molar-refractivity contribution in [1.82, 2.24) is 0 Å². The number of esters is 3. The number of hydrogen-bond acceptors (Lipinski definition) is 8. The molecule has 4 bridgehead atoms. The summed E-state index contributed by atoms with van der Waals surface area (Å²) in [4.78, 5) is 50.6. The van der Waals surface area contributed by atoms with Gasteiger partial charge in [-0.15, -0.1) is 11.3 Å². The third-order valence-corrected chi connectivity index (χ3v) is 8.33. The predicted molar refractivity (Wildman–Crippen MR) is 121 cm³/mol. The lowest BCUT2D eigenvalue weighted by atomic mass is 9.49. The van der Waals surface area contributed by atoms with Crippen molar-refractivity contribution in [2.45, 2.75) is 59.3 Å². The van der Waals surface area contributed by atoms with E-state index in [0.29, 0.717) is 23.3 Å². The molecule has 1 aromatic rings. The molecule has 0 saturated heterocycles.